The van der Waals surface area contributed by atoms with Gasteiger partial charge in [-0.3, -0.25) is 4.98 Å². The van der Waals surface area contributed by atoms with Gasteiger partial charge in [0, 0.05) is 25.0 Å². The van der Waals surface area contributed by atoms with E-state index in [9.17, 15) is 10.0 Å². The lowest BCUT2D eigenvalue weighted by molar-refractivity contribution is -0.0969. The summed E-state index contributed by atoms with van der Waals surface area (Å²) in [6.45, 7) is 2.91. The normalized spacial score (nSPS) is 21.5. The number of rotatable bonds is 2. The molecule has 0 aliphatic carbocycles. The number of oxazole rings is 1. The number of hydrogen-bond acceptors (Lipinski definition) is 8. The van der Waals surface area contributed by atoms with Gasteiger partial charge in [-0.2, -0.15) is 5.06 Å². The Morgan fingerprint density at radius 1 is 1.24 bits per heavy atom. The lowest BCUT2D eigenvalue weighted by Crippen LogP contribution is -2.57. The van der Waals surface area contributed by atoms with E-state index < -0.39 is 11.4 Å². The predicted octanol–water partition coefficient (Wildman–Crippen LogP) is 1.91. The van der Waals surface area contributed by atoms with E-state index in [1.807, 2.05) is 31.2 Å². The minimum absolute atomic E-state index is 0.475. The van der Waals surface area contributed by atoms with Crippen LogP contribution in [0.5, 0.6) is 0 Å². The lowest BCUT2D eigenvalue weighted by Gasteiger charge is -2.35. The first kappa shape index (κ1) is 17.7. The van der Waals surface area contributed by atoms with E-state index in [0.717, 1.165) is 28.0 Å². The Kier molecular flexibility index (Phi) is 3.85. The van der Waals surface area contributed by atoms with Crippen LogP contribution in [0.2, 0.25) is 0 Å². The second-order valence-electron chi connectivity index (χ2n) is 7.38. The van der Waals surface area contributed by atoms with Gasteiger partial charge in [-0.05, 0) is 53.5 Å². The summed E-state index contributed by atoms with van der Waals surface area (Å²) in [6.07, 6.45) is 1.71. The SMILES string of the molecule is CC1=CN=C(Nc2ccc3c(c2)CN(O)C3)NC1(N)c1ccc2oc(=O)[nH]c2c1. The molecule has 1 unspecified atom stereocenters. The number of hydrogen-bond donors (Lipinski definition) is 5. The third-order valence-electron chi connectivity index (χ3n) is 5.37. The number of nitrogens with two attached hydrogens (primary N) is 1. The average Bonchev–Trinajstić information content (AvgIpc) is 3.24. The van der Waals surface area contributed by atoms with Crippen molar-refractivity contribution in [3.05, 3.63) is 75.4 Å². The molecule has 0 saturated carbocycles. The number of anilines is 1. The van der Waals surface area contributed by atoms with E-state index >= 15 is 0 Å². The van der Waals surface area contributed by atoms with E-state index in [4.69, 9.17) is 10.2 Å². The van der Waals surface area contributed by atoms with Crippen molar-refractivity contribution in [2.75, 3.05) is 5.32 Å². The molecule has 0 spiro atoms. The topological polar surface area (TPSA) is 132 Å². The molecule has 29 heavy (non-hydrogen) atoms. The maximum absolute atomic E-state index is 11.4. The molecule has 3 aromatic rings. The number of aromatic amines is 1. The molecule has 2 aliphatic rings. The third kappa shape index (κ3) is 3.01. The molecular formula is C20H20N6O3. The molecular weight excluding hydrogens is 372 g/mol. The van der Waals surface area contributed by atoms with Gasteiger partial charge in [0.25, 0.3) is 0 Å². The van der Waals surface area contributed by atoms with Crippen molar-refractivity contribution in [3.8, 4) is 0 Å². The zero-order valence-electron chi connectivity index (χ0n) is 15.7. The van der Waals surface area contributed by atoms with E-state index in [1.165, 1.54) is 5.06 Å². The fraction of sp³-hybridized carbons (Fsp3) is 0.200. The van der Waals surface area contributed by atoms with Crippen LogP contribution in [-0.2, 0) is 18.8 Å². The molecule has 6 N–H and O–H groups in total. The van der Waals surface area contributed by atoms with Gasteiger partial charge in [0.2, 0.25) is 5.96 Å². The largest absolute Gasteiger partial charge is 0.417 e. The number of nitrogens with zero attached hydrogens (tertiary/aromatic N) is 2. The fourth-order valence-corrected chi connectivity index (χ4v) is 3.73. The van der Waals surface area contributed by atoms with Crippen molar-refractivity contribution < 1.29 is 9.62 Å². The summed E-state index contributed by atoms with van der Waals surface area (Å²) in [7, 11) is 0. The second kappa shape index (κ2) is 6.31. The van der Waals surface area contributed by atoms with Gasteiger partial charge in [-0.1, -0.05) is 12.1 Å². The highest BCUT2D eigenvalue weighted by Gasteiger charge is 2.33. The Morgan fingerprint density at radius 3 is 2.93 bits per heavy atom. The van der Waals surface area contributed by atoms with Crippen molar-refractivity contribution in [1.29, 1.82) is 0 Å². The maximum atomic E-state index is 11.4. The molecule has 9 nitrogen and oxygen atoms in total. The van der Waals surface area contributed by atoms with Crippen LogP contribution in [0.25, 0.3) is 11.1 Å². The van der Waals surface area contributed by atoms with Crippen LogP contribution in [0.1, 0.15) is 23.6 Å². The highest BCUT2D eigenvalue weighted by molar-refractivity contribution is 5.95. The number of hydroxylamine groups is 2. The van der Waals surface area contributed by atoms with Gasteiger partial charge in [-0.15, -0.1) is 0 Å². The molecule has 1 aromatic heterocycles. The van der Waals surface area contributed by atoms with Gasteiger partial charge < -0.3 is 26.0 Å². The number of aliphatic imine (C=N–C) groups is 1. The minimum atomic E-state index is -1.01. The number of fused-ring (bicyclic) bond motifs is 2. The molecule has 0 radical (unpaired) electrons. The molecule has 0 fully saturated rings. The number of guanidine groups is 1. The Balaban J connectivity index is 1.43. The van der Waals surface area contributed by atoms with Crippen molar-refractivity contribution in [3.63, 3.8) is 0 Å². The Hall–Kier alpha value is -3.40. The first-order valence-corrected chi connectivity index (χ1v) is 9.19. The molecule has 1 atom stereocenters. The quantitative estimate of drug-likeness (QED) is 0.450. The number of aromatic nitrogens is 1. The summed E-state index contributed by atoms with van der Waals surface area (Å²) in [4.78, 5) is 18.5. The fourth-order valence-electron chi connectivity index (χ4n) is 3.73. The molecule has 0 amide bonds. The first-order valence-electron chi connectivity index (χ1n) is 9.19. The monoisotopic (exact) mass is 392 g/mol. The molecule has 0 saturated heterocycles. The smallest absolute Gasteiger partial charge is 0.408 e. The number of H-pyrrole nitrogens is 1. The van der Waals surface area contributed by atoms with Crippen LogP contribution in [0.3, 0.4) is 0 Å². The van der Waals surface area contributed by atoms with E-state index in [-0.39, 0.29) is 0 Å². The van der Waals surface area contributed by atoms with Gasteiger partial charge in [-0.25, -0.2) is 9.79 Å². The molecule has 3 heterocycles. The summed E-state index contributed by atoms with van der Waals surface area (Å²) in [5, 5.41) is 17.5. The standard InChI is InChI=1S/C20H20N6O3/c1-11-8-22-18(23-15-4-2-12-9-26(28)10-13(12)6-15)25-20(11,21)14-3-5-17-16(7-14)24-19(27)29-17/h2-8,28H,9-10,21H2,1H3,(H,24,27)(H2,22,23,25). The van der Waals surface area contributed by atoms with Crippen LogP contribution < -0.4 is 22.1 Å². The van der Waals surface area contributed by atoms with E-state index in [0.29, 0.717) is 30.1 Å². The second-order valence-corrected chi connectivity index (χ2v) is 7.38. The Bertz CT molecular complexity index is 1240. The molecule has 9 heteroatoms. The van der Waals surface area contributed by atoms with Gasteiger partial charge >= 0.3 is 5.76 Å². The zero-order chi connectivity index (χ0) is 20.2. The highest BCUT2D eigenvalue weighted by Crippen LogP contribution is 2.29. The van der Waals surface area contributed by atoms with Crippen LogP contribution in [0.4, 0.5) is 5.69 Å². The first-order chi connectivity index (χ1) is 13.9. The van der Waals surface area contributed by atoms with Gasteiger partial charge in [0.05, 0.1) is 5.52 Å². The van der Waals surface area contributed by atoms with Crippen molar-refractivity contribution in [1.82, 2.24) is 15.4 Å². The van der Waals surface area contributed by atoms with Crippen molar-refractivity contribution >= 4 is 22.7 Å². The molecule has 148 valence electrons. The van der Waals surface area contributed by atoms with E-state index in [2.05, 4.69) is 20.6 Å². The van der Waals surface area contributed by atoms with Crippen LogP contribution in [0.15, 0.2) is 62.4 Å². The lowest BCUT2D eigenvalue weighted by atomic mass is 9.92. The number of nitrogens with one attached hydrogen (secondary N) is 3. The average molecular weight is 392 g/mol. The van der Waals surface area contributed by atoms with Crippen LogP contribution in [-0.4, -0.2) is 21.2 Å². The number of benzene rings is 2. The zero-order valence-corrected chi connectivity index (χ0v) is 15.7. The molecule has 0 bridgehead atoms. The van der Waals surface area contributed by atoms with Crippen molar-refractivity contribution in [2.45, 2.75) is 25.7 Å². The Labute approximate surface area is 165 Å². The van der Waals surface area contributed by atoms with Crippen molar-refractivity contribution in [2.24, 2.45) is 10.7 Å². The minimum Gasteiger partial charge on any atom is -0.408 e. The molecule has 5 rings (SSSR count). The summed E-state index contributed by atoms with van der Waals surface area (Å²) in [5.41, 5.74) is 11.3. The summed E-state index contributed by atoms with van der Waals surface area (Å²) >= 11 is 0. The van der Waals surface area contributed by atoms with Gasteiger partial charge in [0.15, 0.2) is 5.58 Å². The maximum Gasteiger partial charge on any atom is 0.417 e. The predicted molar refractivity (Wildman–Crippen MR) is 108 cm³/mol. The third-order valence-corrected chi connectivity index (χ3v) is 5.37. The summed E-state index contributed by atoms with van der Waals surface area (Å²) in [5.74, 6) is -0.00764. The van der Waals surface area contributed by atoms with Crippen LogP contribution in [0, 0.1) is 0 Å². The van der Waals surface area contributed by atoms with Crippen LogP contribution >= 0.6 is 0 Å². The summed E-state index contributed by atoms with van der Waals surface area (Å²) in [6, 6.07) is 11.2. The van der Waals surface area contributed by atoms with Gasteiger partial charge in [0.1, 0.15) is 5.66 Å². The summed E-state index contributed by atoms with van der Waals surface area (Å²) < 4.78 is 5.07. The molecule has 2 aromatic carbocycles. The molecule has 2 aliphatic heterocycles. The highest BCUT2D eigenvalue weighted by atomic mass is 16.5. The Morgan fingerprint density at radius 2 is 2.07 bits per heavy atom. The van der Waals surface area contributed by atoms with E-state index in [1.54, 1.807) is 18.3 Å².